The van der Waals surface area contributed by atoms with Gasteiger partial charge in [0.15, 0.2) is 0 Å². The summed E-state index contributed by atoms with van der Waals surface area (Å²) in [5.41, 5.74) is 2.43. The molecule has 2 aromatic rings. The summed E-state index contributed by atoms with van der Waals surface area (Å²) in [4.78, 5) is 41.1. The molecule has 0 radical (unpaired) electrons. The Morgan fingerprint density at radius 3 is 2.30 bits per heavy atom. The number of morpholine rings is 1. The lowest BCUT2D eigenvalue weighted by molar-refractivity contribution is -0.144. The molecule has 0 saturated carbocycles. The van der Waals surface area contributed by atoms with Crippen molar-refractivity contribution in [3.63, 3.8) is 0 Å². The molecule has 30 heavy (non-hydrogen) atoms. The highest BCUT2D eigenvalue weighted by molar-refractivity contribution is 6.43. The van der Waals surface area contributed by atoms with Crippen molar-refractivity contribution in [2.45, 2.75) is 26.0 Å². The summed E-state index contributed by atoms with van der Waals surface area (Å²) in [5.74, 6) is -1.40. The Hall–Kier alpha value is -2.41. The van der Waals surface area contributed by atoms with Crippen LogP contribution in [0.4, 0.5) is 0 Å². The largest absolute Gasteiger partial charge is 0.370 e. The molecule has 3 amide bonds. The van der Waals surface area contributed by atoms with Gasteiger partial charge in [-0.3, -0.25) is 19.3 Å². The highest BCUT2D eigenvalue weighted by Crippen LogP contribution is 2.32. The monoisotopic (exact) mass is 446 g/mol. The number of amides is 3. The van der Waals surface area contributed by atoms with E-state index >= 15 is 0 Å². The first-order valence-corrected chi connectivity index (χ1v) is 10.4. The molecule has 6 nitrogen and oxygen atoms in total. The second kappa shape index (κ2) is 8.02. The molecule has 0 bridgehead atoms. The van der Waals surface area contributed by atoms with E-state index in [0.29, 0.717) is 13.2 Å². The molecular weight excluding hydrogens is 427 g/mol. The van der Waals surface area contributed by atoms with Crippen LogP contribution in [0, 0.1) is 6.92 Å². The van der Waals surface area contributed by atoms with Crippen molar-refractivity contribution in [2.24, 2.45) is 0 Å². The van der Waals surface area contributed by atoms with E-state index in [4.69, 9.17) is 27.9 Å². The first kappa shape index (κ1) is 20.8. The van der Waals surface area contributed by atoms with Gasteiger partial charge in [0.25, 0.3) is 11.8 Å². The molecule has 0 spiro atoms. The van der Waals surface area contributed by atoms with Crippen molar-refractivity contribution in [3.8, 4) is 0 Å². The number of ether oxygens (including phenoxy) is 1. The first-order valence-electron chi connectivity index (χ1n) is 9.59. The van der Waals surface area contributed by atoms with Crippen LogP contribution in [0.25, 0.3) is 0 Å². The molecule has 2 aliphatic rings. The number of carbonyl (C=O) groups is 3. The van der Waals surface area contributed by atoms with E-state index in [2.05, 4.69) is 0 Å². The Morgan fingerprint density at radius 1 is 1.10 bits per heavy atom. The zero-order valence-corrected chi connectivity index (χ0v) is 18.0. The lowest BCUT2D eigenvalue weighted by Gasteiger charge is -2.39. The van der Waals surface area contributed by atoms with Gasteiger partial charge in [0.2, 0.25) is 5.91 Å². The Bertz CT molecular complexity index is 1010. The maximum absolute atomic E-state index is 13.1. The number of carbonyl (C=O) groups excluding carboxylic acids is 3. The minimum absolute atomic E-state index is 0.162. The summed E-state index contributed by atoms with van der Waals surface area (Å²) in [5, 5.41) is 0.375. The van der Waals surface area contributed by atoms with Crippen molar-refractivity contribution >= 4 is 40.9 Å². The maximum Gasteiger partial charge on any atom is 0.262 e. The lowest BCUT2D eigenvalue weighted by Crippen LogP contribution is -2.52. The molecule has 2 aromatic carbocycles. The van der Waals surface area contributed by atoms with E-state index in [9.17, 15) is 14.4 Å². The highest BCUT2D eigenvalue weighted by atomic mass is 35.5. The molecule has 0 aromatic heterocycles. The number of rotatable bonds is 3. The molecule has 156 valence electrons. The van der Waals surface area contributed by atoms with Crippen LogP contribution < -0.4 is 0 Å². The van der Waals surface area contributed by atoms with E-state index < -0.39 is 11.8 Å². The van der Waals surface area contributed by atoms with Gasteiger partial charge >= 0.3 is 0 Å². The van der Waals surface area contributed by atoms with Crippen LogP contribution >= 0.6 is 23.2 Å². The molecule has 1 saturated heterocycles. The lowest BCUT2D eigenvalue weighted by atomic mass is 10.0. The Balaban J connectivity index is 1.52. The standard InChI is InChI=1S/C22H20Cl2N2O4/c1-12-5-3-4-6-14(12)19-9-25(13(2)11-30-19)20(27)10-26-21(28)15-7-17(23)18(24)8-16(15)22(26)29/h3-8,13,19H,9-11H2,1-2H3/t13-,19-/m0/s1. The molecule has 2 atom stereocenters. The summed E-state index contributed by atoms with van der Waals surface area (Å²) >= 11 is 12.0. The number of halogens is 2. The van der Waals surface area contributed by atoms with Crippen LogP contribution in [0.1, 0.15) is 44.9 Å². The summed E-state index contributed by atoms with van der Waals surface area (Å²) in [6.45, 7) is 4.27. The van der Waals surface area contributed by atoms with Gasteiger partial charge < -0.3 is 9.64 Å². The van der Waals surface area contributed by atoms with Gasteiger partial charge in [-0.05, 0) is 37.1 Å². The third-order valence-electron chi connectivity index (χ3n) is 5.59. The molecule has 8 heteroatoms. The zero-order chi connectivity index (χ0) is 21.6. The molecule has 4 rings (SSSR count). The molecule has 0 aliphatic carbocycles. The van der Waals surface area contributed by atoms with Gasteiger partial charge in [-0.15, -0.1) is 0 Å². The van der Waals surface area contributed by atoms with Crippen LogP contribution in [0.3, 0.4) is 0 Å². The normalized spacial score (nSPS) is 21.2. The second-order valence-electron chi connectivity index (χ2n) is 7.58. The SMILES string of the molecule is Cc1ccccc1[C@@H]1CN(C(=O)CN2C(=O)c3cc(Cl)c(Cl)cc3C2=O)[C@@H](C)CO1. The third-order valence-corrected chi connectivity index (χ3v) is 6.32. The minimum atomic E-state index is -0.543. The molecule has 0 N–H and O–H groups in total. The number of hydrogen-bond acceptors (Lipinski definition) is 4. The van der Waals surface area contributed by atoms with Crippen molar-refractivity contribution in [1.82, 2.24) is 9.80 Å². The van der Waals surface area contributed by atoms with Gasteiger partial charge in [0, 0.05) is 0 Å². The van der Waals surface area contributed by atoms with Crippen LogP contribution in [0.15, 0.2) is 36.4 Å². The fourth-order valence-corrected chi connectivity index (χ4v) is 4.22. The summed E-state index contributed by atoms with van der Waals surface area (Å²) in [7, 11) is 0. The Morgan fingerprint density at radius 2 is 1.70 bits per heavy atom. The quantitative estimate of drug-likeness (QED) is 0.670. The van der Waals surface area contributed by atoms with Crippen LogP contribution in [-0.4, -0.2) is 53.3 Å². The van der Waals surface area contributed by atoms with E-state index in [1.54, 1.807) is 4.90 Å². The van der Waals surface area contributed by atoms with Crippen molar-refractivity contribution in [1.29, 1.82) is 0 Å². The van der Waals surface area contributed by atoms with E-state index in [-0.39, 0.29) is 45.8 Å². The van der Waals surface area contributed by atoms with Gasteiger partial charge in [0.05, 0.1) is 40.4 Å². The van der Waals surface area contributed by atoms with Crippen molar-refractivity contribution < 1.29 is 19.1 Å². The predicted octanol–water partition coefficient (Wildman–Crippen LogP) is 3.89. The Kier molecular flexibility index (Phi) is 5.57. The van der Waals surface area contributed by atoms with Gasteiger partial charge in [-0.25, -0.2) is 0 Å². The smallest absolute Gasteiger partial charge is 0.262 e. The maximum atomic E-state index is 13.1. The number of benzene rings is 2. The highest BCUT2D eigenvalue weighted by Gasteiger charge is 2.39. The predicted molar refractivity (Wildman–Crippen MR) is 113 cm³/mol. The molecular formula is C22H20Cl2N2O4. The Labute approximate surface area is 184 Å². The zero-order valence-electron chi connectivity index (χ0n) is 16.5. The number of imide groups is 1. The fourth-order valence-electron chi connectivity index (χ4n) is 3.89. The number of nitrogens with zero attached hydrogens (tertiary/aromatic N) is 2. The minimum Gasteiger partial charge on any atom is -0.370 e. The fraction of sp³-hybridized carbons (Fsp3) is 0.318. The number of fused-ring (bicyclic) bond motifs is 1. The van der Waals surface area contributed by atoms with Crippen molar-refractivity contribution in [3.05, 3.63) is 68.7 Å². The van der Waals surface area contributed by atoms with E-state index in [1.165, 1.54) is 12.1 Å². The first-order chi connectivity index (χ1) is 14.3. The van der Waals surface area contributed by atoms with E-state index in [1.807, 2.05) is 38.1 Å². The van der Waals surface area contributed by atoms with Gasteiger partial charge in [-0.2, -0.15) is 0 Å². The van der Waals surface area contributed by atoms with Crippen molar-refractivity contribution in [2.75, 3.05) is 19.7 Å². The molecule has 1 fully saturated rings. The van der Waals surface area contributed by atoms with Crippen LogP contribution in [0.2, 0.25) is 10.0 Å². The number of hydrogen-bond donors (Lipinski definition) is 0. The molecule has 2 heterocycles. The van der Waals surface area contributed by atoms with Crippen LogP contribution in [-0.2, 0) is 9.53 Å². The van der Waals surface area contributed by atoms with Gasteiger partial charge in [0.1, 0.15) is 12.6 Å². The molecule has 0 unspecified atom stereocenters. The average molecular weight is 447 g/mol. The summed E-state index contributed by atoms with van der Waals surface area (Å²) in [6, 6.07) is 10.4. The second-order valence-corrected chi connectivity index (χ2v) is 8.40. The van der Waals surface area contributed by atoms with Crippen LogP contribution in [0.5, 0.6) is 0 Å². The average Bonchev–Trinajstić information content (AvgIpc) is 2.93. The van der Waals surface area contributed by atoms with Gasteiger partial charge in [-0.1, -0.05) is 47.5 Å². The van der Waals surface area contributed by atoms with E-state index in [0.717, 1.165) is 16.0 Å². The summed E-state index contributed by atoms with van der Waals surface area (Å²) < 4.78 is 5.96. The number of aryl methyl sites for hydroxylation is 1. The summed E-state index contributed by atoms with van der Waals surface area (Å²) in [6.07, 6.45) is -0.258. The molecule has 2 aliphatic heterocycles. The third kappa shape index (κ3) is 3.60. The topological polar surface area (TPSA) is 66.9 Å².